The number of benzene rings is 2. The second-order valence-electron chi connectivity index (χ2n) is 4.61. The average Bonchev–Trinajstić information content (AvgIpc) is 2.54. The van der Waals surface area contributed by atoms with E-state index in [2.05, 4.69) is 5.32 Å². The first-order chi connectivity index (χ1) is 11.6. The summed E-state index contributed by atoms with van der Waals surface area (Å²) in [5.41, 5.74) is -2.65. The number of nitrogens with zero attached hydrogens (tertiary/aromatic N) is 2. The van der Waals surface area contributed by atoms with Crippen LogP contribution in [0.25, 0.3) is 0 Å². The fourth-order valence-electron chi connectivity index (χ4n) is 1.91. The minimum absolute atomic E-state index is 0.278. The van der Waals surface area contributed by atoms with Gasteiger partial charge in [-0.25, -0.2) is 4.39 Å². The summed E-state index contributed by atoms with van der Waals surface area (Å²) >= 11 is 17.7. The van der Waals surface area contributed by atoms with Crippen LogP contribution in [-0.4, -0.2) is 0 Å². The van der Waals surface area contributed by atoms with Crippen molar-refractivity contribution in [3.05, 3.63) is 55.8 Å². The summed E-state index contributed by atoms with van der Waals surface area (Å²) in [5, 5.41) is 19.5. The van der Waals surface area contributed by atoms with E-state index < -0.39 is 23.2 Å². The van der Waals surface area contributed by atoms with Crippen LogP contribution >= 0.6 is 34.8 Å². The number of halogens is 7. The Labute approximate surface area is 153 Å². The highest BCUT2D eigenvalue weighted by molar-refractivity contribution is 6.46. The van der Waals surface area contributed by atoms with E-state index in [4.69, 9.17) is 40.1 Å². The molecule has 0 radical (unpaired) electrons. The van der Waals surface area contributed by atoms with Crippen molar-refractivity contribution in [1.29, 1.82) is 10.5 Å². The molecular weight excluding hydrogens is 405 g/mol. The van der Waals surface area contributed by atoms with Crippen LogP contribution in [0.15, 0.2) is 18.2 Å². The number of anilines is 2. The van der Waals surface area contributed by atoms with Gasteiger partial charge in [0.2, 0.25) is 0 Å². The van der Waals surface area contributed by atoms with Crippen LogP contribution in [0.5, 0.6) is 0 Å². The zero-order chi connectivity index (χ0) is 18.9. The maximum atomic E-state index is 13.9. The molecule has 0 amide bonds. The molecule has 0 bridgehead atoms. The third-order valence-corrected chi connectivity index (χ3v) is 4.33. The van der Waals surface area contributed by atoms with Gasteiger partial charge in [-0.05, 0) is 18.2 Å². The minimum Gasteiger partial charge on any atom is -0.351 e. The summed E-state index contributed by atoms with van der Waals surface area (Å²) in [6, 6.07) is 5.00. The molecule has 0 atom stereocenters. The molecule has 3 nitrogen and oxygen atoms in total. The van der Waals surface area contributed by atoms with Gasteiger partial charge in [0.15, 0.2) is 0 Å². The molecule has 2 aromatic carbocycles. The highest BCUT2D eigenvalue weighted by Gasteiger charge is 2.31. The Kier molecular flexibility index (Phi) is 5.34. The minimum atomic E-state index is -4.70. The first-order valence-electron chi connectivity index (χ1n) is 6.26. The van der Waals surface area contributed by atoms with Crippen molar-refractivity contribution < 1.29 is 17.6 Å². The molecule has 10 heteroatoms. The Balaban J connectivity index is 2.67. The Hall–Kier alpha value is -2.19. The number of alkyl halides is 3. The van der Waals surface area contributed by atoms with Crippen LogP contribution in [-0.2, 0) is 6.18 Å². The molecule has 128 valence electrons. The van der Waals surface area contributed by atoms with Gasteiger partial charge in [-0.2, -0.15) is 23.7 Å². The smallest absolute Gasteiger partial charge is 0.351 e. The molecule has 0 heterocycles. The van der Waals surface area contributed by atoms with Crippen molar-refractivity contribution >= 4 is 46.2 Å². The lowest BCUT2D eigenvalue weighted by Crippen LogP contribution is -2.07. The number of nitrogens with one attached hydrogen (secondary N) is 1. The van der Waals surface area contributed by atoms with Gasteiger partial charge < -0.3 is 5.32 Å². The van der Waals surface area contributed by atoms with E-state index in [1.807, 2.05) is 0 Å². The standard InChI is InChI=1S/C15H4Cl3F4N3/c16-11-7(4-23)12(17)13(18)14(8(11)5-24)25-10-3-6(15(20,21)22)1-2-9(10)19/h1-3,25H. The van der Waals surface area contributed by atoms with Gasteiger partial charge in [0.1, 0.15) is 18.0 Å². The highest BCUT2D eigenvalue weighted by atomic mass is 35.5. The number of rotatable bonds is 2. The summed E-state index contributed by atoms with van der Waals surface area (Å²) < 4.78 is 52.2. The lowest BCUT2D eigenvalue weighted by atomic mass is 10.1. The SMILES string of the molecule is N#Cc1c(Cl)c(Cl)c(Nc2cc(C(F)(F)F)ccc2F)c(C#N)c1Cl. The second kappa shape index (κ2) is 6.97. The molecule has 1 N–H and O–H groups in total. The van der Waals surface area contributed by atoms with E-state index in [0.29, 0.717) is 18.2 Å². The molecule has 2 aromatic rings. The van der Waals surface area contributed by atoms with E-state index in [9.17, 15) is 22.8 Å². The number of hydrogen-bond acceptors (Lipinski definition) is 3. The van der Waals surface area contributed by atoms with Crippen LogP contribution in [0.2, 0.25) is 15.1 Å². The monoisotopic (exact) mass is 407 g/mol. The van der Waals surface area contributed by atoms with Crippen molar-refractivity contribution in [1.82, 2.24) is 0 Å². The number of hydrogen-bond donors (Lipinski definition) is 1. The number of nitriles is 2. The van der Waals surface area contributed by atoms with Crippen LogP contribution in [0.4, 0.5) is 28.9 Å². The Morgan fingerprint density at radius 3 is 2.04 bits per heavy atom. The lowest BCUT2D eigenvalue weighted by Gasteiger charge is -2.16. The van der Waals surface area contributed by atoms with Crippen molar-refractivity contribution in [3.63, 3.8) is 0 Å². The first kappa shape index (κ1) is 19.1. The van der Waals surface area contributed by atoms with Gasteiger partial charge in [0, 0.05) is 0 Å². The summed E-state index contributed by atoms with van der Waals surface area (Å²) in [6.07, 6.45) is -4.70. The Morgan fingerprint density at radius 2 is 1.52 bits per heavy atom. The molecule has 0 unspecified atom stereocenters. The predicted molar refractivity (Wildman–Crippen MR) is 85.6 cm³/mol. The van der Waals surface area contributed by atoms with Crippen LogP contribution in [0, 0.1) is 28.5 Å². The zero-order valence-electron chi connectivity index (χ0n) is 11.8. The van der Waals surface area contributed by atoms with E-state index in [1.165, 1.54) is 0 Å². The second-order valence-corrected chi connectivity index (χ2v) is 5.74. The molecule has 0 saturated carbocycles. The highest BCUT2D eigenvalue weighted by Crippen LogP contribution is 2.43. The van der Waals surface area contributed by atoms with Gasteiger partial charge in [-0.1, -0.05) is 34.8 Å². The summed E-state index contributed by atoms with van der Waals surface area (Å²) in [4.78, 5) is 0. The molecule has 0 aliphatic heterocycles. The predicted octanol–water partition coefficient (Wildman–Crippen LogP) is 6.29. The summed E-state index contributed by atoms with van der Waals surface area (Å²) in [6.45, 7) is 0. The quantitative estimate of drug-likeness (QED) is 0.469. The molecule has 0 saturated heterocycles. The third kappa shape index (κ3) is 3.59. The van der Waals surface area contributed by atoms with Gasteiger partial charge in [0.25, 0.3) is 0 Å². The van der Waals surface area contributed by atoms with E-state index in [1.54, 1.807) is 12.1 Å². The van der Waals surface area contributed by atoms with E-state index in [0.717, 1.165) is 0 Å². The van der Waals surface area contributed by atoms with Crippen LogP contribution in [0.3, 0.4) is 0 Å². The van der Waals surface area contributed by atoms with Crippen molar-refractivity contribution in [3.8, 4) is 12.1 Å². The van der Waals surface area contributed by atoms with Crippen molar-refractivity contribution in [2.75, 3.05) is 5.32 Å². The fraction of sp³-hybridized carbons (Fsp3) is 0.0667. The molecule has 0 aromatic heterocycles. The average molecular weight is 409 g/mol. The van der Waals surface area contributed by atoms with E-state index >= 15 is 0 Å². The maximum Gasteiger partial charge on any atom is 0.416 e. The topological polar surface area (TPSA) is 59.6 Å². The Bertz CT molecular complexity index is 943. The third-order valence-electron chi connectivity index (χ3n) is 3.10. The summed E-state index contributed by atoms with van der Waals surface area (Å²) in [7, 11) is 0. The fourth-order valence-corrected chi connectivity index (χ4v) is 2.70. The van der Waals surface area contributed by atoms with Crippen molar-refractivity contribution in [2.45, 2.75) is 6.18 Å². The molecule has 2 rings (SSSR count). The largest absolute Gasteiger partial charge is 0.416 e. The first-order valence-corrected chi connectivity index (χ1v) is 7.39. The Morgan fingerprint density at radius 1 is 0.920 bits per heavy atom. The molecule has 0 aliphatic rings. The maximum absolute atomic E-state index is 13.9. The van der Waals surface area contributed by atoms with E-state index in [-0.39, 0.29) is 31.9 Å². The lowest BCUT2D eigenvalue weighted by molar-refractivity contribution is -0.137. The van der Waals surface area contributed by atoms with Crippen LogP contribution < -0.4 is 5.32 Å². The van der Waals surface area contributed by atoms with Gasteiger partial charge in [0.05, 0.1) is 43.1 Å². The van der Waals surface area contributed by atoms with Gasteiger partial charge in [-0.3, -0.25) is 0 Å². The molecule has 0 spiro atoms. The van der Waals surface area contributed by atoms with Crippen molar-refractivity contribution in [2.24, 2.45) is 0 Å². The molecule has 0 aliphatic carbocycles. The summed E-state index contributed by atoms with van der Waals surface area (Å²) in [5.74, 6) is -1.02. The molecular formula is C15H4Cl3F4N3. The van der Waals surface area contributed by atoms with Gasteiger partial charge >= 0.3 is 6.18 Å². The molecule has 25 heavy (non-hydrogen) atoms. The van der Waals surface area contributed by atoms with Crippen LogP contribution in [0.1, 0.15) is 16.7 Å². The van der Waals surface area contributed by atoms with Gasteiger partial charge in [-0.15, -0.1) is 0 Å². The zero-order valence-corrected chi connectivity index (χ0v) is 14.0. The molecule has 0 fully saturated rings. The normalized spacial score (nSPS) is 10.9.